The molecule has 2 N–H and O–H groups in total. The van der Waals surface area contributed by atoms with Gasteiger partial charge in [0.1, 0.15) is 0 Å². The Kier molecular flexibility index (Phi) is 11.5. The summed E-state index contributed by atoms with van der Waals surface area (Å²) in [5.41, 5.74) is 5.76. The molecule has 0 amide bonds. The highest BCUT2D eigenvalue weighted by Gasteiger charge is 2.04. The quantitative estimate of drug-likeness (QED) is 0.401. The van der Waals surface area contributed by atoms with Crippen molar-refractivity contribution in [2.45, 2.75) is 64.7 Å². The molecule has 0 rings (SSSR count). The molecule has 0 saturated heterocycles. The first-order chi connectivity index (χ1) is 7.35. The van der Waals surface area contributed by atoms with Crippen molar-refractivity contribution in [1.82, 2.24) is 0 Å². The Morgan fingerprint density at radius 3 is 2.33 bits per heavy atom. The average Bonchev–Trinajstić information content (AvgIpc) is 2.27. The maximum atomic E-state index is 5.76. The number of rotatable bonds is 11. The van der Waals surface area contributed by atoms with Gasteiger partial charge in [0.15, 0.2) is 0 Å². The minimum atomic E-state index is 0.782. The molecule has 0 fully saturated rings. The van der Waals surface area contributed by atoms with Gasteiger partial charge in [-0.2, -0.15) is 0 Å². The number of allylic oxidation sites excluding steroid dienone is 1. The lowest BCUT2D eigenvalue weighted by Gasteiger charge is -2.13. The van der Waals surface area contributed by atoms with Gasteiger partial charge in [-0.1, -0.05) is 45.1 Å². The average molecular weight is 211 g/mol. The molecule has 1 nitrogen and oxygen atoms in total. The highest BCUT2D eigenvalue weighted by Crippen LogP contribution is 2.16. The maximum Gasteiger partial charge on any atom is -0.00489 e. The van der Waals surface area contributed by atoms with Crippen LogP contribution in [0.3, 0.4) is 0 Å². The standard InChI is InChI=1S/C14H29N/c1-3-5-7-8-9-10-12-14(13-15)11-6-4-2/h3,14H,1,4-13,15H2,2H3. The van der Waals surface area contributed by atoms with E-state index in [9.17, 15) is 0 Å². The molecular weight excluding hydrogens is 182 g/mol. The molecule has 0 bridgehead atoms. The lowest BCUT2D eigenvalue weighted by atomic mass is 9.95. The largest absolute Gasteiger partial charge is 0.330 e. The van der Waals surface area contributed by atoms with Crippen LogP contribution in [-0.4, -0.2) is 6.54 Å². The van der Waals surface area contributed by atoms with Gasteiger partial charge in [0, 0.05) is 0 Å². The highest BCUT2D eigenvalue weighted by atomic mass is 14.5. The first-order valence-electron chi connectivity index (χ1n) is 6.66. The van der Waals surface area contributed by atoms with Gasteiger partial charge in [0.05, 0.1) is 0 Å². The molecule has 0 aliphatic heterocycles. The normalized spacial score (nSPS) is 12.7. The first-order valence-corrected chi connectivity index (χ1v) is 6.66. The fraction of sp³-hybridized carbons (Fsp3) is 0.857. The molecule has 0 spiro atoms. The molecule has 0 aliphatic rings. The van der Waals surface area contributed by atoms with E-state index in [0.717, 1.165) is 12.5 Å². The van der Waals surface area contributed by atoms with Gasteiger partial charge in [-0.3, -0.25) is 0 Å². The van der Waals surface area contributed by atoms with Crippen molar-refractivity contribution < 1.29 is 0 Å². The van der Waals surface area contributed by atoms with Crippen LogP contribution in [-0.2, 0) is 0 Å². The van der Waals surface area contributed by atoms with Crippen LogP contribution in [0.5, 0.6) is 0 Å². The summed E-state index contributed by atoms with van der Waals surface area (Å²) in [5.74, 6) is 0.782. The smallest absolute Gasteiger partial charge is 0.00489 e. The third-order valence-electron chi connectivity index (χ3n) is 3.07. The van der Waals surface area contributed by atoms with Crippen molar-refractivity contribution >= 4 is 0 Å². The molecule has 1 heteroatoms. The van der Waals surface area contributed by atoms with Crippen LogP contribution >= 0.6 is 0 Å². The van der Waals surface area contributed by atoms with E-state index >= 15 is 0 Å². The Labute approximate surface area is 96.1 Å². The molecule has 0 aliphatic carbocycles. The van der Waals surface area contributed by atoms with Crippen LogP contribution < -0.4 is 5.73 Å². The zero-order chi connectivity index (χ0) is 11.4. The van der Waals surface area contributed by atoms with Crippen LogP contribution in [0.4, 0.5) is 0 Å². The van der Waals surface area contributed by atoms with Crippen molar-refractivity contribution in [3.8, 4) is 0 Å². The molecule has 0 heterocycles. The summed E-state index contributed by atoms with van der Waals surface area (Å²) in [4.78, 5) is 0. The Morgan fingerprint density at radius 2 is 1.73 bits per heavy atom. The molecule has 90 valence electrons. The van der Waals surface area contributed by atoms with Crippen molar-refractivity contribution in [1.29, 1.82) is 0 Å². The zero-order valence-corrected chi connectivity index (χ0v) is 10.5. The SMILES string of the molecule is C=CCCCCCCC(CN)CCCC. The topological polar surface area (TPSA) is 26.0 Å². The van der Waals surface area contributed by atoms with E-state index in [0.29, 0.717) is 0 Å². The van der Waals surface area contributed by atoms with Crippen LogP contribution in [0.2, 0.25) is 0 Å². The number of nitrogens with two attached hydrogens (primary N) is 1. The molecule has 0 aromatic rings. The van der Waals surface area contributed by atoms with Gasteiger partial charge < -0.3 is 5.73 Å². The third-order valence-corrected chi connectivity index (χ3v) is 3.07. The molecule has 0 saturated carbocycles. The van der Waals surface area contributed by atoms with Gasteiger partial charge in [0.25, 0.3) is 0 Å². The van der Waals surface area contributed by atoms with Gasteiger partial charge >= 0.3 is 0 Å². The molecule has 1 atom stereocenters. The van der Waals surface area contributed by atoms with Gasteiger partial charge in [0.2, 0.25) is 0 Å². The van der Waals surface area contributed by atoms with E-state index in [1.807, 2.05) is 6.08 Å². The molecular formula is C14H29N. The first kappa shape index (κ1) is 14.7. The minimum Gasteiger partial charge on any atom is -0.330 e. The van der Waals surface area contributed by atoms with Crippen molar-refractivity contribution in [2.75, 3.05) is 6.54 Å². The summed E-state index contributed by atoms with van der Waals surface area (Å²) in [6.45, 7) is 6.87. The summed E-state index contributed by atoms with van der Waals surface area (Å²) in [7, 11) is 0. The van der Waals surface area contributed by atoms with Gasteiger partial charge in [-0.05, 0) is 38.1 Å². The van der Waals surface area contributed by atoms with E-state index in [4.69, 9.17) is 5.73 Å². The maximum absolute atomic E-state index is 5.76. The second-order valence-electron chi connectivity index (χ2n) is 4.52. The fourth-order valence-electron chi connectivity index (χ4n) is 1.95. The van der Waals surface area contributed by atoms with E-state index in [1.165, 1.54) is 57.8 Å². The molecule has 0 radical (unpaired) electrons. The number of unbranched alkanes of at least 4 members (excludes halogenated alkanes) is 5. The molecule has 0 aromatic heterocycles. The third kappa shape index (κ3) is 9.99. The highest BCUT2D eigenvalue weighted by molar-refractivity contribution is 4.66. The van der Waals surface area contributed by atoms with Gasteiger partial charge in [-0.25, -0.2) is 0 Å². The predicted molar refractivity (Wildman–Crippen MR) is 70.0 cm³/mol. The minimum absolute atomic E-state index is 0.782. The Morgan fingerprint density at radius 1 is 1.07 bits per heavy atom. The van der Waals surface area contributed by atoms with E-state index in [1.54, 1.807) is 0 Å². The second kappa shape index (κ2) is 11.8. The molecule has 15 heavy (non-hydrogen) atoms. The van der Waals surface area contributed by atoms with E-state index in [2.05, 4.69) is 13.5 Å². The number of hydrogen-bond acceptors (Lipinski definition) is 1. The monoisotopic (exact) mass is 211 g/mol. The summed E-state index contributed by atoms with van der Waals surface area (Å²) in [6.07, 6.45) is 13.9. The van der Waals surface area contributed by atoms with E-state index < -0.39 is 0 Å². The second-order valence-corrected chi connectivity index (χ2v) is 4.52. The fourth-order valence-corrected chi connectivity index (χ4v) is 1.95. The van der Waals surface area contributed by atoms with Crippen molar-refractivity contribution in [2.24, 2.45) is 11.7 Å². The van der Waals surface area contributed by atoms with Crippen LogP contribution in [0.25, 0.3) is 0 Å². The summed E-state index contributed by atoms with van der Waals surface area (Å²) < 4.78 is 0. The van der Waals surface area contributed by atoms with Crippen LogP contribution in [0, 0.1) is 5.92 Å². The lowest BCUT2D eigenvalue weighted by molar-refractivity contribution is 0.420. The van der Waals surface area contributed by atoms with Crippen LogP contribution in [0.1, 0.15) is 64.7 Å². The van der Waals surface area contributed by atoms with Crippen molar-refractivity contribution in [3.05, 3.63) is 12.7 Å². The van der Waals surface area contributed by atoms with Gasteiger partial charge in [-0.15, -0.1) is 6.58 Å². The summed E-state index contributed by atoms with van der Waals surface area (Å²) >= 11 is 0. The molecule has 1 unspecified atom stereocenters. The molecule has 0 aromatic carbocycles. The van der Waals surface area contributed by atoms with E-state index in [-0.39, 0.29) is 0 Å². The predicted octanol–water partition coefficient (Wildman–Crippen LogP) is 4.28. The zero-order valence-electron chi connectivity index (χ0n) is 10.5. The summed E-state index contributed by atoms with van der Waals surface area (Å²) in [5, 5.41) is 0. The van der Waals surface area contributed by atoms with Crippen LogP contribution in [0.15, 0.2) is 12.7 Å². The Bertz CT molecular complexity index is 131. The Hall–Kier alpha value is -0.300. The lowest BCUT2D eigenvalue weighted by Crippen LogP contribution is -2.14. The summed E-state index contributed by atoms with van der Waals surface area (Å²) in [6, 6.07) is 0. The Balaban J connectivity index is 3.25. The van der Waals surface area contributed by atoms with Crippen molar-refractivity contribution in [3.63, 3.8) is 0 Å². The number of hydrogen-bond donors (Lipinski definition) is 1.